The minimum absolute atomic E-state index is 0.116. The molecular weight excluding hydrogens is 368 g/mol. The zero-order chi connectivity index (χ0) is 19.3. The molecule has 2 amide bonds. The van der Waals surface area contributed by atoms with Gasteiger partial charge in [-0.1, -0.05) is 30.3 Å². The largest absolute Gasteiger partial charge is 0.340 e. The van der Waals surface area contributed by atoms with Crippen molar-refractivity contribution >= 4 is 23.2 Å². The van der Waals surface area contributed by atoms with Crippen LogP contribution in [-0.2, 0) is 29.0 Å². The van der Waals surface area contributed by atoms with Crippen molar-refractivity contribution in [3.05, 3.63) is 57.8 Å². The van der Waals surface area contributed by atoms with Crippen LogP contribution in [-0.4, -0.2) is 40.7 Å². The van der Waals surface area contributed by atoms with Gasteiger partial charge in [0.1, 0.15) is 0 Å². The van der Waals surface area contributed by atoms with Crippen molar-refractivity contribution < 1.29 is 9.59 Å². The van der Waals surface area contributed by atoms with E-state index in [0.717, 1.165) is 45.2 Å². The SMILES string of the molecule is O=C(CCC(=O)N1CCC[C@@H]1CCc1ccccc1)N1CCc2sccc2C1. The summed E-state index contributed by atoms with van der Waals surface area (Å²) in [7, 11) is 0. The molecule has 2 aromatic rings. The van der Waals surface area contributed by atoms with Gasteiger partial charge in [-0.25, -0.2) is 0 Å². The maximum Gasteiger partial charge on any atom is 0.223 e. The third-order valence-electron chi connectivity index (χ3n) is 6.02. The zero-order valence-corrected chi connectivity index (χ0v) is 17.1. The Morgan fingerprint density at radius 3 is 2.71 bits per heavy atom. The van der Waals surface area contributed by atoms with E-state index in [9.17, 15) is 9.59 Å². The van der Waals surface area contributed by atoms with Gasteiger partial charge in [-0.05, 0) is 54.7 Å². The van der Waals surface area contributed by atoms with Gasteiger partial charge >= 0.3 is 0 Å². The molecule has 3 heterocycles. The van der Waals surface area contributed by atoms with Crippen molar-refractivity contribution in [1.29, 1.82) is 0 Å². The number of nitrogens with zero attached hydrogens (tertiary/aromatic N) is 2. The first-order valence-corrected chi connectivity index (χ1v) is 11.2. The predicted octanol–water partition coefficient (Wildman–Crippen LogP) is 4.04. The molecule has 4 rings (SSSR count). The molecule has 28 heavy (non-hydrogen) atoms. The molecule has 0 saturated carbocycles. The van der Waals surface area contributed by atoms with Crippen LogP contribution in [0.15, 0.2) is 41.8 Å². The number of carbonyl (C=O) groups excluding carboxylic acids is 2. The Kier molecular flexibility index (Phi) is 6.10. The van der Waals surface area contributed by atoms with E-state index in [-0.39, 0.29) is 11.8 Å². The van der Waals surface area contributed by atoms with E-state index < -0.39 is 0 Å². The summed E-state index contributed by atoms with van der Waals surface area (Å²) in [5.41, 5.74) is 2.60. The molecule has 5 heteroatoms. The van der Waals surface area contributed by atoms with E-state index in [2.05, 4.69) is 35.7 Å². The van der Waals surface area contributed by atoms with Crippen LogP contribution >= 0.6 is 11.3 Å². The summed E-state index contributed by atoms with van der Waals surface area (Å²) in [4.78, 5) is 30.7. The molecule has 0 spiro atoms. The van der Waals surface area contributed by atoms with Gasteiger partial charge in [-0.15, -0.1) is 11.3 Å². The molecule has 0 aliphatic carbocycles. The average molecular weight is 397 g/mol. The van der Waals surface area contributed by atoms with Crippen molar-refractivity contribution in [3.8, 4) is 0 Å². The van der Waals surface area contributed by atoms with Gasteiger partial charge in [-0.3, -0.25) is 9.59 Å². The first kappa shape index (κ1) is 19.2. The Labute approximate surface area is 171 Å². The summed E-state index contributed by atoms with van der Waals surface area (Å²) in [5, 5.41) is 2.10. The Morgan fingerprint density at radius 2 is 1.86 bits per heavy atom. The summed E-state index contributed by atoms with van der Waals surface area (Å²) in [6.45, 7) is 2.33. The molecule has 2 aliphatic heterocycles. The van der Waals surface area contributed by atoms with E-state index in [0.29, 0.717) is 25.4 Å². The van der Waals surface area contributed by atoms with E-state index >= 15 is 0 Å². The summed E-state index contributed by atoms with van der Waals surface area (Å²) in [6, 6.07) is 12.9. The number of hydrogen-bond donors (Lipinski definition) is 0. The number of rotatable bonds is 6. The second-order valence-corrected chi connectivity index (χ2v) is 8.84. The number of hydrogen-bond acceptors (Lipinski definition) is 3. The van der Waals surface area contributed by atoms with Crippen LogP contribution in [0.3, 0.4) is 0 Å². The smallest absolute Gasteiger partial charge is 0.223 e. The second-order valence-electron chi connectivity index (χ2n) is 7.84. The molecule has 0 unspecified atom stereocenters. The summed E-state index contributed by atoms with van der Waals surface area (Å²) < 4.78 is 0. The van der Waals surface area contributed by atoms with Gasteiger partial charge in [0.25, 0.3) is 0 Å². The lowest BCUT2D eigenvalue weighted by Gasteiger charge is -2.28. The maximum absolute atomic E-state index is 12.8. The van der Waals surface area contributed by atoms with Crippen molar-refractivity contribution in [2.45, 2.75) is 57.5 Å². The number of likely N-dealkylation sites (tertiary alicyclic amines) is 1. The number of carbonyl (C=O) groups is 2. The number of benzene rings is 1. The number of aryl methyl sites for hydroxylation is 1. The normalized spacial score (nSPS) is 18.9. The highest BCUT2D eigenvalue weighted by Gasteiger charge is 2.29. The van der Waals surface area contributed by atoms with Crippen LogP contribution in [0.2, 0.25) is 0 Å². The summed E-state index contributed by atoms with van der Waals surface area (Å²) >= 11 is 1.78. The van der Waals surface area contributed by atoms with Crippen molar-refractivity contribution in [3.63, 3.8) is 0 Å². The van der Waals surface area contributed by atoms with E-state index in [1.165, 1.54) is 16.0 Å². The highest BCUT2D eigenvalue weighted by atomic mass is 32.1. The molecule has 1 aromatic carbocycles. The third-order valence-corrected chi connectivity index (χ3v) is 7.04. The molecule has 0 N–H and O–H groups in total. The van der Waals surface area contributed by atoms with Crippen LogP contribution < -0.4 is 0 Å². The number of amides is 2. The van der Waals surface area contributed by atoms with Crippen molar-refractivity contribution in [1.82, 2.24) is 9.80 Å². The molecule has 1 atom stereocenters. The molecule has 1 fully saturated rings. The van der Waals surface area contributed by atoms with Gasteiger partial charge in [0.05, 0.1) is 0 Å². The van der Waals surface area contributed by atoms with Crippen LogP contribution in [0.5, 0.6) is 0 Å². The molecule has 0 radical (unpaired) electrons. The van der Waals surface area contributed by atoms with E-state index in [1.807, 2.05) is 15.9 Å². The first-order valence-electron chi connectivity index (χ1n) is 10.4. The van der Waals surface area contributed by atoms with Gasteiger partial charge in [0.2, 0.25) is 11.8 Å². The Morgan fingerprint density at radius 1 is 1.04 bits per heavy atom. The fraction of sp³-hybridized carbons (Fsp3) is 0.478. The standard InChI is InChI=1S/C23H28N2O2S/c26-22(24-15-12-21-19(17-24)13-16-28-21)10-11-23(27)25-14-4-7-20(25)9-8-18-5-2-1-3-6-18/h1-3,5-6,13,16,20H,4,7-12,14-15,17H2/t20-/m1/s1. The molecule has 148 valence electrons. The lowest BCUT2D eigenvalue weighted by atomic mass is 10.0. The molecule has 4 nitrogen and oxygen atoms in total. The lowest BCUT2D eigenvalue weighted by molar-refractivity contribution is -0.138. The summed E-state index contributed by atoms with van der Waals surface area (Å²) in [6.07, 6.45) is 5.79. The van der Waals surface area contributed by atoms with Gasteiger partial charge in [-0.2, -0.15) is 0 Å². The Balaban J connectivity index is 1.25. The quantitative estimate of drug-likeness (QED) is 0.739. The second kappa shape index (κ2) is 8.91. The average Bonchev–Trinajstić information content (AvgIpc) is 3.39. The molecular formula is C23H28N2O2S. The highest BCUT2D eigenvalue weighted by molar-refractivity contribution is 7.10. The minimum Gasteiger partial charge on any atom is -0.340 e. The molecule has 1 aromatic heterocycles. The topological polar surface area (TPSA) is 40.6 Å². The van der Waals surface area contributed by atoms with Crippen LogP contribution in [0.1, 0.15) is 48.1 Å². The fourth-order valence-electron chi connectivity index (χ4n) is 4.42. The highest BCUT2D eigenvalue weighted by Crippen LogP contribution is 2.26. The minimum atomic E-state index is 0.116. The van der Waals surface area contributed by atoms with E-state index in [1.54, 1.807) is 11.3 Å². The Hall–Kier alpha value is -2.14. The molecule has 1 saturated heterocycles. The van der Waals surface area contributed by atoms with E-state index in [4.69, 9.17) is 0 Å². The number of fused-ring (bicyclic) bond motifs is 1. The summed E-state index contributed by atoms with van der Waals surface area (Å²) in [5.74, 6) is 0.266. The molecule has 0 bridgehead atoms. The monoisotopic (exact) mass is 396 g/mol. The lowest BCUT2D eigenvalue weighted by Crippen LogP contribution is -2.38. The van der Waals surface area contributed by atoms with Gasteiger partial charge in [0, 0.05) is 43.4 Å². The predicted molar refractivity (Wildman–Crippen MR) is 112 cm³/mol. The fourth-order valence-corrected chi connectivity index (χ4v) is 5.31. The van der Waals surface area contributed by atoms with Crippen molar-refractivity contribution in [2.24, 2.45) is 0 Å². The number of thiophene rings is 1. The van der Waals surface area contributed by atoms with Crippen LogP contribution in [0, 0.1) is 0 Å². The van der Waals surface area contributed by atoms with Gasteiger partial charge in [0.15, 0.2) is 0 Å². The first-order chi connectivity index (χ1) is 13.7. The third kappa shape index (κ3) is 4.46. The van der Waals surface area contributed by atoms with Gasteiger partial charge < -0.3 is 9.80 Å². The Bertz CT molecular complexity index is 817. The van der Waals surface area contributed by atoms with Crippen molar-refractivity contribution in [2.75, 3.05) is 13.1 Å². The molecule has 2 aliphatic rings. The zero-order valence-electron chi connectivity index (χ0n) is 16.3. The van der Waals surface area contributed by atoms with Crippen LogP contribution in [0.25, 0.3) is 0 Å². The van der Waals surface area contributed by atoms with Crippen LogP contribution in [0.4, 0.5) is 0 Å². The maximum atomic E-state index is 12.8.